The fourth-order valence-corrected chi connectivity index (χ4v) is 5.28. The minimum Gasteiger partial charge on any atom is -0.444 e. The van der Waals surface area contributed by atoms with E-state index in [2.05, 4.69) is 20.5 Å². The van der Waals surface area contributed by atoms with E-state index in [1.807, 2.05) is 0 Å². The predicted molar refractivity (Wildman–Crippen MR) is 164 cm³/mol. The Morgan fingerprint density at radius 3 is 2.52 bits per heavy atom. The highest BCUT2D eigenvalue weighted by molar-refractivity contribution is 7.08. The van der Waals surface area contributed by atoms with E-state index >= 15 is 0 Å². The van der Waals surface area contributed by atoms with Crippen LogP contribution in [0.2, 0.25) is 0 Å². The van der Waals surface area contributed by atoms with Crippen LogP contribution in [0.15, 0.2) is 47.3 Å². The zero-order chi connectivity index (χ0) is 31.7. The third-order valence-corrected chi connectivity index (χ3v) is 7.47. The van der Waals surface area contributed by atoms with Crippen molar-refractivity contribution in [3.63, 3.8) is 0 Å². The van der Waals surface area contributed by atoms with Crippen LogP contribution in [-0.2, 0) is 22.4 Å². The zero-order valence-electron chi connectivity index (χ0n) is 25.0. The molecule has 3 aromatic rings. The summed E-state index contributed by atoms with van der Waals surface area (Å²) in [5.41, 5.74) is 1.58. The highest BCUT2D eigenvalue weighted by Gasteiger charge is 2.20. The Hall–Kier alpha value is -3.94. The Morgan fingerprint density at radius 2 is 1.84 bits per heavy atom. The number of hydrogen-bond donors (Lipinski definition) is 2. The molecule has 44 heavy (non-hydrogen) atoms. The number of anilines is 2. The van der Waals surface area contributed by atoms with Crippen molar-refractivity contribution in [3.8, 4) is 0 Å². The Bertz CT molecular complexity index is 1440. The quantitative estimate of drug-likeness (QED) is 0.252. The number of thiophene rings is 1. The molecule has 0 radical (unpaired) electrons. The van der Waals surface area contributed by atoms with Crippen LogP contribution in [0, 0.1) is 11.6 Å². The molecule has 2 N–H and O–H groups in total. The molecular weight excluding hydrogens is 592 g/mol. The molecule has 0 atom stereocenters. The summed E-state index contributed by atoms with van der Waals surface area (Å²) in [4.78, 5) is 46.6. The van der Waals surface area contributed by atoms with Crippen LogP contribution >= 0.6 is 11.3 Å². The van der Waals surface area contributed by atoms with Crippen LogP contribution in [0.25, 0.3) is 0 Å². The van der Waals surface area contributed by atoms with Gasteiger partial charge < -0.3 is 19.7 Å². The lowest BCUT2D eigenvalue weighted by Gasteiger charge is -2.28. The zero-order valence-corrected chi connectivity index (χ0v) is 25.8. The van der Waals surface area contributed by atoms with Crippen LogP contribution in [0.5, 0.6) is 0 Å². The average Bonchev–Trinajstić information content (AvgIpc) is 3.40. The van der Waals surface area contributed by atoms with Gasteiger partial charge in [0, 0.05) is 62.5 Å². The molecule has 3 heterocycles. The number of aromatic nitrogens is 1. The van der Waals surface area contributed by atoms with Gasteiger partial charge in [0.05, 0.1) is 18.9 Å². The second-order valence-electron chi connectivity index (χ2n) is 11.4. The van der Waals surface area contributed by atoms with E-state index < -0.39 is 29.4 Å². The number of halogens is 2. The molecule has 10 nitrogen and oxygen atoms in total. The Labute approximate surface area is 259 Å². The van der Waals surface area contributed by atoms with Crippen molar-refractivity contribution in [1.29, 1.82) is 0 Å². The number of hydrogen-bond acceptors (Lipinski definition) is 8. The first-order valence-corrected chi connectivity index (χ1v) is 15.3. The summed E-state index contributed by atoms with van der Waals surface area (Å²) in [6, 6.07) is 6.05. The summed E-state index contributed by atoms with van der Waals surface area (Å²) >= 11 is 1.36. The fourth-order valence-electron chi connectivity index (χ4n) is 4.49. The Balaban J connectivity index is 1.39. The first-order valence-electron chi connectivity index (χ1n) is 14.3. The topological polar surface area (TPSA) is 113 Å². The largest absolute Gasteiger partial charge is 0.444 e. The maximum absolute atomic E-state index is 13.7. The van der Waals surface area contributed by atoms with Crippen molar-refractivity contribution in [2.75, 3.05) is 50.0 Å². The summed E-state index contributed by atoms with van der Waals surface area (Å²) < 4.78 is 37.8. The highest BCUT2D eigenvalue weighted by Crippen LogP contribution is 2.24. The van der Waals surface area contributed by atoms with E-state index in [0.29, 0.717) is 43.0 Å². The number of ether oxygens (including phenoxy) is 2. The molecule has 0 saturated carbocycles. The number of pyridine rings is 1. The van der Waals surface area contributed by atoms with Crippen molar-refractivity contribution in [3.05, 3.63) is 75.7 Å². The summed E-state index contributed by atoms with van der Waals surface area (Å²) in [5, 5.41) is 8.86. The predicted octanol–water partition coefficient (Wildman–Crippen LogP) is 5.95. The number of carbonyl (C=O) groups excluding carboxylic acids is 3. The molecule has 13 heteroatoms. The van der Waals surface area contributed by atoms with Gasteiger partial charge in [-0.2, -0.15) is 0 Å². The molecule has 0 bridgehead atoms. The number of ketones is 1. The number of benzene rings is 1. The number of Topliss-reactive ketones (excluding diaryl/α,β-unsaturated/α-hetero) is 1. The van der Waals surface area contributed by atoms with Gasteiger partial charge in [-0.05, 0) is 61.9 Å². The van der Waals surface area contributed by atoms with Crippen molar-refractivity contribution >= 4 is 40.6 Å². The number of carbonyl (C=O) groups is 3. The minimum atomic E-state index is -1.05. The second-order valence-corrected chi connectivity index (χ2v) is 12.1. The maximum Gasteiger partial charge on any atom is 0.412 e. The van der Waals surface area contributed by atoms with Gasteiger partial charge in [-0.25, -0.2) is 18.4 Å². The fraction of sp³-hybridized carbons (Fsp3) is 0.419. The smallest absolute Gasteiger partial charge is 0.412 e. The minimum absolute atomic E-state index is 0.0330. The van der Waals surface area contributed by atoms with Crippen molar-refractivity contribution < 1.29 is 32.6 Å². The first kappa shape index (κ1) is 33.0. The molecule has 1 saturated heterocycles. The van der Waals surface area contributed by atoms with E-state index in [4.69, 9.17) is 9.47 Å². The molecule has 3 amide bonds. The van der Waals surface area contributed by atoms with Gasteiger partial charge in [-0.1, -0.05) is 6.07 Å². The molecule has 1 aromatic carbocycles. The normalized spacial score (nSPS) is 13.8. The molecule has 0 spiro atoms. The molecule has 236 valence electrons. The Morgan fingerprint density at radius 1 is 1.07 bits per heavy atom. The molecule has 1 fully saturated rings. The molecule has 1 aliphatic heterocycles. The van der Waals surface area contributed by atoms with Gasteiger partial charge >= 0.3 is 12.1 Å². The van der Waals surface area contributed by atoms with E-state index in [-0.39, 0.29) is 30.1 Å². The molecule has 1 aliphatic rings. The number of rotatable bonds is 11. The van der Waals surface area contributed by atoms with Crippen LogP contribution in [0.3, 0.4) is 0 Å². The van der Waals surface area contributed by atoms with E-state index in [9.17, 15) is 23.2 Å². The Kier molecular flexibility index (Phi) is 11.4. The third-order valence-electron chi connectivity index (χ3n) is 6.68. The van der Waals surface area contributed by atoms with Gasteiger partial charge in [-0.15, -0.1) is 11.3 Å². The number of urea groups is 1. The summed E-state index contributed by atoms with van der Waals surface area (Å²) in [5.74, 6) is -2.29. The van der Waals surface area contributed by atoms with Crippen molar-refractivity contribution in [2.24, 2.45) is 0 Å². The molecule has 0 unspecified atom stereocenters. The number of nitrogens with zero attached hydrogens (tertiary/aromatic N) is 3. The lowest BCUT2D eigenvalue weighted by atomic mass is 10.1. The van der Waals surface area contributed by atoms with E-state index in [1.54, 1.807) is 54.8 Å². The summed E-state index contributed by atoms with van der Waals surface area (Å²) in [6.07, 6.45) is 1.66. The van der Waals surface area contributed by atoms with Gasteiger partial charge in [0.15, 0.2) is 17.4 Å². The van der Waals surface area contributed by atoms with Crippen molar-refractivity contribution in [2.45, 2.75) is 45.8 Å². The number of amides is 3. The molecule has 0 aliphatic carbocycles. The SMILES string of the molecule is CC(C)(C)OC(=O)Nc1cscc1CC(=O)c1ccc(CN(CCCN2CCOCC2)C(=O)Nc2ccc(F)c(F)c2)cn1. The van der Waals surface area contributed by atoms with Crippen LogP contribution in [0.1, 0.15) is 48.8 Å². The van der Waals surface area contributed by atoms with E-state index in [1.165, 1.54) is 17.4 Å². The standard InChI is InChI=1S/C31H37F2N5O5S/c1-31(2,3)43-30(41)36-27-20-44-19-22(27)15-28(39)26-8-5-21(17-34-26)18-38(10-4-9-37-11-13-42-14-12-37)29(40)35-23-6-7-24(32)25(33)16-23/h5-8,16-17,19-20H,4,9-15,18H2,1-3H3,(H,35,40)(H,36,41). The molecule has 2 aromatic heterocycles. The molecular formula is C31H37F2N5O5S. The van der Waals surface area contributed by atoms with Crippen LogP contribution in [0.4, 0.5) is 29.7 Å². The maximum atomic E-state index is 13.7. The summed E-state index contributed by atoms with van der Waals surface area (Å²) in [6.45, 7) is 9.66. The van der Waals surface area contributed by atoms with Gasteiger partial charge in [0.1, 0.15) is 11.3 Å². The number of nitrogens with one attached hydrogen (secondary N) is 2. The lowest BCUT2D eigenvalue weighted by Crippen LogP contribution is -2.40. The second kappa shape index (κ2) is 15.2. The van der Waals surface area contributed by atoms with Gasteiger partial charge in [0.2, 0.25) is 0 Å². The van der Waals surface area contributed by atoms with Crippen molar-refractivity contribution in [1.82, 2.24) is 14.8 Å². The van der Waals surface area contributed by atoms with Gasteiger partial charge in [0.25, 0.3) is 0 Å². The monoisotopic (exact) mass is 629 g/mol. The average molecular weight is 630 g/mol. The lowest BCUT2D eigenvalue weighted by molar-refractivity contribution is 0.0365. The third kappa shape index (κ3) is 10.1. The van der Waals surface area contributed by atoms with Crippen LogP contribution < -0.4 is 10.6 Å². The first-order chi connectivity index (χ1) is 21.0. The van der Waals surface area contributed by atoms with Crippen LogP contribution in [-0.4, -0.2) is 77.7 Å². The number of morpholine rings is 1. The molecule has 4 rings (SSSR count). The summed E-state index contributed by atoms with van der Waals surface area (Å²) in [7, 11) is 0. The van der Waals surface area contributed by atoms with E-state index in [0.717, 1.165) is 31.8 Å². The highest BCUT2D eigenvalue weighted by atomic mass is 32.1. The van der Waals surface area contributed by atoms with Gasteiger partial charge in [-0.3, -0.25) is 20.0 Å².